The summed E-state index contributed by atoms with van der Waals surface area (Å²) >= 11 is 0. The zero-order chi connectivity index (χ0) is 19.7. The highest BCUT2D eigenvalue weighted by Gasteiger charge is 2.32. The van der Waals surface area contributed by atoms with E-state index in [1.165, 1.54) is 6.42 Å². The molecule has 1 fully saturated rings. The van der Waals surface area contributed by atoms with Crippen molar-refractivity contribution in [3.05, 3.63) is 58.8 Å². The molecule has 5 nitrogen and oxygen atoms in total. The molecule has 146 valence electrons. The van der Waals surface area contributed by atoms with Gasteiger partial charge in [0.2, 0.25) is 5.78 Å². The maximum Gasteiger partial charge on any atom is 0.231 e. The standard InChI is InChI=1S/C23H25NO4/c1-15-5-3-4-12-24(15)14-19-20(25)11-10-18-22(26)21(28-23(18)19)13-16-6-8-17(27-2)9-7-16/h6-11,13,15,25H,3-5,12,14H2,1-2H3/t15-/m1/s1. The third-order valence-corrected chi connectivity index (χ3v) is 5.63. The maximum absolute atomic E-state index is 12.8. The molecule has 0 saturated carbocycles. The van der Waals surface area contributed by atoms with Crippen molar-refractivity contribution in [2.75, 3.05) is 13.7 Å². The lowest BCUT2D eigenvalue weighted by atomic mass is 10.0. The topological polar surface area (TPSA) is 59.0 Å². The average molecular weight is 379 g/mol. The fourth-order valence-electron chi connectivity index (χ4n) is 3.90. The maximum atomic E-state index is 12.8. The first kappa shape index (κ1) is 18.6. The first-order valence-corrected chi connectivity index (χ1v) is 9.74. The molecule has 0 amide bonds. The Morgan fingerprint density at radius 1 is 1.21 bits per heavy atom. The molecule has 0 aliphatic carbocycles. The minimum atomic E-state index is -0.154. The Hall–Kier alpha value is -2.79. The molecule has 1 N–H and O–H groups in total. The van der Waals surface area contributed by atoms with Crippen LogP contribution in [0.2, 0.25) is 0 Å². The summed E-state index contributed by atoms with van der Waals surface area (Å²) in [6.07, 6.45) is 5.27. The van der Waals surface area contributed by atoms with Gasteiger partial charge in [-0.3, -0.25) is 9.69 Å². The Bertz CT molecular complexity index is 917. The van der Waals surface area contributed by atoms with Gasteiger partial charge in [0.25, 0.3) is 0 Å². The number of phenolic OH excluding ortho intramolecular Hbond substituents is 1. The number of Topliss-reactive ketones (excluding diaryl/α,β-unsaturated/α-hetero) is 1. The molecule has 2 aliphatic heterocycles. The molecule has 4 rings (SSSR count). The van der Waals surface area contributed by atoms with E-state index in [1.54, 1.807) is 25.3 Å². The smallest absolute Gasteiger partial charge is 0.231 e. The van der Waals surface area contributed by atoms with Crippen LogP contribution in [0.4, 0.5) is 0 Å². The van der Waals surface area contributed by atoms with Crippen LogP contribution < -0.4 is 9.47 Å². The molecule has 2 aromatic carbocycles. The second-order valence-electron chi connectivity index (χ2n) is 7.47. The van der Waals surface area contributed by atoms with Crippen molar-refractivity contribution in [2.24, 2.45) is 0 Å². The Balaban J connectivity index is 1.63. The van der Waals surface area contributed by atoms with Gasteiger partial charge >= 0.3 is 0 Å². The van der Waals surface area contributed by atoms with E-state index in [4.69, 9.17) is 9.47 Å². The molecule has 1 atom stereocenters. The molecule has 2 heterocycles. The SMILES string of the molecule is COc1ccc(C=C2Oc3c(ccc(O)c3CN3CCCC[C@H]3C)C2=O)cc1. The number of fused-ring (bicyclic) bond motifs is 1. The van der Waals surface area contributed by atoms with Gasteiger partial charge in [-0.05, 0) is 62.2 Å². The third kappa shape index (κ3) is 3.50. The monoisotopic (exact) mass is 379 g/mol. The molecule has 0 unspecified atom stereocenters. The Morgan fingerprint density at radius 2 is 2.00 bits per heavy atom. The number of hydrogen-bond acceptors (Lipinski definition) is 5. The van der Waals surface area contributed by atoms with Crippen molar-refractivity contribution in [2.45, 2.75) is 38.8 Å². The first-order valence-electron chi connectivity index (χ1n) is 9.74. The Morgan fingerprint density at radius 3 is 2.71 bits per heavy atom. The number of carbonyl (C=O) groups excluding carboxylic acids is 1. The van der Waals surface area contributed by atoms with E-state index in [-0.39, 0.29) is 17.3 Å². The van der Waals surface area contributed by atoms with Gasteiger partial charge < -0.3 is 14.6 Å². The van der Waals surface area contributed by atoms with E-state index in [0.29, 0.717) is 29.5 Å². The van der Waals surface area contributed by atoms with E-state index in [0.717, 1.165) is 30.7 Å². The molecule has 0 radical (unpaired) electrons. The molecule has 0 spiro atoms. The summed E-state index contributed by atoms with van der Waals surface area (Å²) in [6.45, 7) is 3.78. The van der Waals surface area contributed by atoms with E-state index in [9.17, 15) is 9.90 Å². The quantitative estimate of drug-likeness (QED) is 0.799. The van der Waals surface area contributed by atoms with E-state index < -0.39 is 0 Å². The van der Waals surface area contributed by atoms with Gasteiger partial charge in [-0.25, -0.2) is 0 Å². The van der Waals surface area contributed by atoms with Gasteiger partial charge in [-0.1, -0.05) is 18.6 Å². The van der Waals surface area contributed by atoms with Crippen LogP contribution in [-0.2, 0) is 6.54 Å². The number of nitrogens with zero attached hydrogens (tertiary/aromatic N) is 1. The molecule has 5 heteroatoms. The van der Waals surface area contributed by atoms with Crippen molar-refractivity contribution in [1.29, 1.82) is 0 Å². The lowest BCUT2D eigenvalue weighted by Gasteiger charge is -2.33. The lowest BCUT2D eigenvalue weighted by Crippen LogP contribution is -2.36. The van der Waals surface area contributed by atoms with E-state index >= 15 is 0 Å². The predicted molar refractivity (Wildman–Crippen MR) is 108 cm³/mol. The van der Waals surface area contributed by atoms with Gasteiger partial charge in [0.05, 0.1) is 18.2 Å². The number of piperidine rings is 1. The van der Waals surface area contributed by atoms with Crippen LogP contribution in [0.5, 0.6) is 17.2 Å². The molecule has 0 bridgehead atoms. The molecule has 1 saturated heterocycles. The average Bonchev–Trinajstić information content (AvgIpc) is 3.02. The summed E-state index contributed by atoms with van der Waals surface area (Å²) in [5.74, 6) is 1.54. The van der Waals surface area contributed by atoms with Crippen molar-refractivity contribution in [3.8, 4) is 17.2 Å². The highest BCUT2D eigenvalue weighted by molar-refractivity contribution is 6.15. The minimum absolute atomic E-state index is 0.154. The van der Waals surface area contributed by atoms with Crippen molar-refractivity contribution < 1.29 is 19.4 Å². The second kappa shape index (κ2) is 7.68. The molecule has 2 aliphatic rings. The summed E-state index contributed by atoms with van der Waals surface area (Å²) in [5.41, 5.74) is 2.06. The number of methoxy groups -OCH3 is 1. The number of benzene rings is 2. The van der Waals surface area contributed by atoms with Crippen LogP contribution in [0.1, 0.15) is 47.7 Å². The summed E-state index contributed by atoms with van der Waals surface area (Å²) < 4.78 is 11.1. The van der Waals surface area contributed by atoms with Gasteiger partial charge in [-0.15, -0.1) is 0 Å². The normalized spacial score (nSPS) is 20.9. The Labute approximate surface area is 165 Å². The largest absolute Gasteiger partial charge is 0.507 e. The van der Waals surface area contributed by atoms with Crippen LogP contribution in [0.3, 0.4) is 0 Å². The van der Waals surface area contributed by atoms with Gasteiger partial charge in [0, 0.05) is 12.6 Å². The summed E-state index contributed by atoms with van der Waals surface area (Å²) in [4.78, 5) is 15.2. The third-order valence-electron chi connectivity index (χ3n) is 5.63. The number of likely N-dealkylation sites (tertiary alicyclic amines) is 1. The van der Waals surface area contributed by atoms with Crippen LogP contribution in [0, 0.1) is 0 Å². The number of hydrogen-bond donors (Lipinski definition) is 1. The molecule has 2 aromatic rings. The highest BCUT2D eigenvalue weighted by atomic mass is 16.5. The zero-order valence-corrected chi connectivity index (χ0v) is 16.3. The van der Waals surface area contributed by atoms with Gasteiger partial charge in [0.15, 0.2) is 5.76 Å². The number of ether oxygens (including phenoxy) is 2. The van der Waals surface area contributed by atoms with E-state index in [2.05, 4.69) is 11.8 Å². The number of phenols is 1. The van der Waals surface area contributed by atoms with Crippen LogP contribution in [0.25, 0.3) is 6.08 Å². The molecular weight excluding hydrogens is 354 g/mol. The predicted octanol–water partition coefficient (Wildman–Crippen LogP) is 4.39. The fourth-order valence-corrected chi connectivity index (χ4v) is 3.90. The number of rotatable bonds is 4. The van der Waals surface area contributed by atoms with Gasteiger partial charge in [-0.2, -0.15) is 0 Å². The van der Waals surface area contributed by atoms with Crippen molar-refractivity contribution >= 4 is 11.9 Å². The second-order valence-corrected chi connectivity index (χ2v) is 7.47. The minimum Gasteiger partial charge on any atom is -0.507 e. The number of ketones is 1. The van der Waals surface area contributed by atoms with Crippen molar-refractivity contribution in [3.63, 3.8) is 0 Å². The molecular formula is C23H25NO4. The summed E-state index contributed by atoms with van der Waals surface area (Å²) in [5, 5.41) is 10.5. The lowest BCUT2D eigenvalue weighted by molar-refractivity contribution is 0.101. The van der Waals surface area contributed by atoms with Crippen molar-refractivity contribution in [1.82, 2.24) is 4.90 Å². The summed E-state index contributed by atoms with van der Waals surface area (Å²) in [6, 6.07) is 11.1. The molecule has 28 heavy (non-hydrogen) atoms. The van der Waals surface area contributed by atoms with Crippen LogP contribution in [0.15, 0.2) is 42.2 Å². The number of allylic oxidation sites excluding steroid dienone is 1. The number of aromatic hydroxyl groups is 1. The van der Waals surface area contributed by atoms with Crippen LogP contribution in [-0.4, -0.2) is 35.5 Å². The Kier molecular flexibility index (Phi) is 5.09. The molecule has 0 aromatic heterocycles. The fraction of sp³-hybridized carbons (Fsp3) is 0.348. The summed E-state index contributed by atoms with van der Waals surface area (Å²) in [7, 11) is 1.62. The van der Waals surface area contributed by atoms with Crippen LogP contribution >= 0.6 is 0 Å². The highest BCUT2D eigenvalue weighted by Crippen LogP contribution is 2.40. The van der Waals surface area contributed by atoms with Gasteiger partial charge in [0.1, 0.15) is 17.2 Å². The van der Waals surface area contributed by atoms with E-state index in [1.807, 2.05) is 24.3 Å². The first-order chi connectivity index (χ1) is 13.6. The number of carbonyl (C=O) groups is 1. The zero-order valence-electron chi connectivity index (χ0n) is 16.3.